The van der Waals surface area contributed by atoms with Crippen LogP contribution in [0.15, 0.2) is 60.8 Å². The van der Waals surface area contributed by atoms with E-state index in [1.165, 1.54) is 12.3 Å². The van der Waals surface area contributed by atoms with E-state index in [0.29, 0.717) is 10.0 Å². The van der Waals surface area contributed by atoms with Crippen molar-refractivity contribution in [1.29, 1.82) is 0 Å². The van der Waals surface area contributed by atoms with Crippen molar-refractivity contribution in [3.8, 4) is 0 Å². The van der Waals surface area contributed by atoms with Gasteiger partial charge in [0.05, 0.1) is 5.56 Å². The molecule has 0 saturated heterocycles. The van der Waals surface area contributed by atoms with Crippen LogP contribution in [0.2, 0.25) is 15.2 Å². The highest BCUT2D eigenvalue weighted by Crippen LogP contribution is 2.26. The molecule has 0 aliphatic carbocycles. The Bertz CT molecular complexity index is 1110. The third-order valence-corrected chi connectivity index (χ3v) is 5.43. The first kappa shape index (κ1) is 22.8. The minimum Gasteiger partial charge on any atom is -0.480 e. The summed E-state index contributed by atoms with van der Waals surface area (Å²) in [5.74, 6) is -1.74. The fourth-order valence-corrected chi connectivity index (χ4v) is 3.57. The Morgan fingerprint density at radius 1 is 0.968 bits per heavy atom. The average molecular weight is 476 g/mol. The van der Waals surface area contributed by atoms with Gasteiger partial charge in [0.1, 0.15) is 11.2 Å². The number of hydrogen-bond donors (Lipinski definition) is 2. The molecule has 1 heterocycles. The maximum atomic E-state index is 12.4. The first-order chi connectivity index (χ1) is 14.8. The second-order valence-electron chi connectivity index (χ2n) is 6.62. The monoisotopic (exact) mass is 474 g/mol. The minimum atomic E-state index is -1.15. The molecule has 3 rings (SSSR count). The van der Waals surface area contributed by atoms with E-state index in [1.54, 1.807) is 36.4 Å². The van der Waals surface area contributed by atoms with Crippen LogP contribution in [-0.2, 0) is 11.2 Å². The standard InChI is InChI=1S/C23H17Cl3N2O3/c24-18-4-1-5-19(25)16(18)11-10-14-6-8-15(9-7-14)13-20(23(30)31)28-22(29)17-3-2-12-27-21(17)26/h1-12,20H,13H2,(H,28,29)(H,30,31)/t20-/m0/s1. The molecule has 3 aromatic rings. The molecule has 0 aliphatic rings. The summed E-state index contributed by atoms with van der Waals surface area (Å²) >= 11 is 18.2. The van der Waals surface area contributed by atoms with E-state index in [-0.39, 0.29) is 17.1 Å². The number of aliphatic carboxylic acids is 1. The van der Waals surface area contributed by atoms with Gasteiger partial charge in [0, 0.05) is 28.2 Å². The number of halogens is 3. The number of amides is 1. The fourth-order valence-electron chi connectivity index (χ4n) is 2.84. The van der Waals surface area contributed by atoms with Crippen LogP contribution in [0.1, 0.15) is 27.0 Å². The molecule has 5 nitrogen and oxygen atoms in total. The zero-order valence-electron chi connectivity index (χ0n) is 16.1. The number of carbonyl (C=O) groups excluding carboxylic acids is 1. The van der Waals surface area contributed by atoms with E-state index in [1.807, 2.05) is 24.3 Å². The average Bonchev–Trinajstić information content (AvgIpc) is 2.74. The Morgan fingerprint density at radius 3 is 2.26 bits per heavy atom. The third-order valence-electron chi connectivity index (χ3n) is 4.47. The summed E-state index contributed by atoms with van der Waals surface area (Å²) in [5, 5.41) is 13.1. The normalized spacial score (nSPS) is 12.0. The molecule has 158 valence electrons. The van der Waals surface area contributed by atoms with Gasteiger partial charge in [-0.05, 0) is 35.4 Å². The lowest BCUT2D eigenvalue weighted by atomic mass is 10.0. The molecule has 0 radical (unpaired) electrons. The lowest BCUT2D eigenvalue weighted by molar-refractivity contribution is -0.139. The Balaban J connectivity index is 1.69. The van der Waals surface area contributed by atoms with Crippen molar-refractivity contribution < 1.29 is 14.7 Å². The van der Waals surface area contributed by atoms with Gasteiger partial charge >= 0.3 is 5.97 Å². The fraction of sp³-hybridized carbons (Fsp3) is 0.0870. The van der Waals surface area contributed by atoms with Crippen molar-refractivity contribution in [3.05, 3.63) is 98.2 Å². The zero-order chi connectivity index (χ0) is 22.4. The number of nitrogens with zero attached hydrogens (tertiary/aromatic N) is 1. The number of rotatable bonds is 7. The Hall–Kier alpha value is -2.86. The third kappa shape index (κ3) is 6.07. The van der Waals surface area contributed by atoms with E-state index in [2.05, 4.69) is 10.3 Å². The minimum absolute atomic E-state index is 0.0129. The summed E-state index contributed by atoms with van der Waals surface area (Å²) in [4.78, 5) is 27.8. The molecular weight excluding hydrogens is 459 g/mol. The van der Waals surface area contributed by atoms with Gasteiger partial charge in [0.15, 0.2) is 0 Å². The van der Waals surface area contributed by atoms with E-state index < -0.39 is 17.9 Å². The van der Waals surface area contributed by atoms with Gasteiger partial charge in [0.25, 0.3) is 5.91 Å². The molecule has 0 unspecified atom stereocenters. The maximum Gasteiger partial charge on any atom is 0.326 e. The number of carbonyl (C=O) groups is 2. The number of pyridine rings is 1. The first-order valence-electron chi connectivity index (χ1n) is 9.20. The molecule has 0 bridgehead atoms. The quantitative estimate of drug-likeness (QED) is 0.342. The smallest absolute Gasteiger partial charge is 0.326 e. The highest BCUT2D eigenvalue weighted by atomic mass is 35.5. The molecule has 1 aromatic heterocycles. The highest BCUT2D eigenvalue weighted by molar-refractivity contribution is 6.37. The van der Waals surface area contributed by atoms with Gasteiger partial charge in [-0.15, -0.1) is 0 Å². The largest absolute Gasteiger partial charge is 0.480 e. The van der Waals surface area contributed by atoms with Crippen LogP contribution in [0, 0.1) is 0 Å². The van der Waals surface area contributed by atoms with E-state index in [4.69, 9.17) is 34.8 Å². The molecule has 2 N–H and O–H groups in total. The van der Waals surface area contributed by atoms with Crippen molar-refractivity contribution in [2.24, 2.45) is 0 Å². The Labute approximate surface area is 194 Å². The van der Waals surface area contributed by atoms with E-state index in [9.17, 15) is 14.7 Å². The molecule has 0 fully saturated rings. The Kier molecular flexibility index (Phi) is 7.69. The molecule has 8 heteroatoms. The second kappa shape index (κ2) is 10.4. The van der Waals surface area contributed by atoms with Crippen molar-refractivity contribution in [2.45, 2.75) is 12.5 Å². The van der Waals surface area contributed by atoms with Gasteiger partial charge in [0.2, 0.25) is 0 Å². The number of carboxylic acids is 1. The van der Waals surface area contributed by atoms with Gasteiger partial charge in [-0.2, -0.15) is 0 Å². The maximum absolute atomic E-state index is 12.4. The summed E-state index contributed by atoms with van der Waals surface area (Å²) in [6, 6.07) is 14.5. The zero-order valence-corrected chi connectivity index (χ0v) is 18.3. The van der Waals surface area contributed by atoms with E-state index in [0.717, 1.165) is 16.7 Å². The van der Waals surface area contributed by atoms with Crippen LogP contribution in [-0.4, -0.2) is 28.0 Å². The lowest BCUT2D eigenvalue weighted by Gasteiger charge is -2.15. The molecule has 2 aromatic carbocycles. The summed E-state index contributed by atoms with van der Waals surface area (Å²) in [5.41, 5.74) is 2.47. The van der Waals surface area contributed by atoms with Crippen LogP contribution in [0.25, 0.3) is 12.2 Å². The van der Waals surface area contributed by atoms with Gasteiger partial charge in [-0.25, -0.2) is 9.78 Å². The molecule has 31 heavy (non-hydrogen) atoms. The predicted molar refractivity (Wildman–Crippen MR) is 124 cm³/mol. The number of carboxylic acid groups (broad SMARTS) is 1. The lowest BCUT2D eigenvalue weighted by Crippen LogP contribution is -2.42. The topological polar surface area (TPSA) is 79.3 Å². The number of nitrogens with one attached hydrogen (secondary N) is 1. The summed E-state index contributed by atoms with van der Waals surface area (Å²) in [6.07, 6.45) is 5.23. The van der Waals surface area contributed by atoms with Crippen molar-refractivity contribution in [1.82, 2.24) is 10.3 Å². The van der Waals surface area contributed by atoms with Crippen LogP contribution in [0.5, 0.6) is 0 Å². The first-order valence-corrected chi connectivity index (χ1v) is 10.3. The number of hydrogen-bond acceptors (Lipinski definition) is 3. The predicted octanol–water partition coefficient (Wildman–Crippen LogP) is 5.64. The second-order valence-corrected chi connectivity index (χ2v) is 7.79. The van der Waals surface area contributed by atoms with Crippen LogP contribution in [0.4, 0.5) is 0 Å². The molecule has 0 aliphatic heterocycles. The summed E-state index contributed by atoms with van der Waals surface area (Å²) in [7, 11) is 0. The summed E-state index contributed by atoms with van der Waals surface area (Å²) < 4.78 is 0. The number of aromatic nitrogens is 1. The molecule has 0 spiro atoms. The highest BCUT2D eigenvalue weighted by Gasteiger charge is 2.22. The van der Waals surface area contributed by atoms with Gasteiger partial charge in [-0.3, -0.25) is 4.79 Å². The Morgan fingerprint density at radius 2 is 1.65 bits per heavy atom. The van der Waals surface area contributed by atoms with Crippen molar-refractivity contribution in [2.75, 3.05) is 0 Å². The van der Waals surface area contributed by atoms with Crippen molar-refractivity contribution >= 4 is 58.8 Å². The van der Waals surface area contributed by atoms with Crippen LogP contribution in [0.3, 0.4) is 0 Å². The summed E-state index contributed by atoms with van der Waals surface area (Å²) in [6.45, 7) is 0. The SMILES string of the molecule is O=C(N[C@@H](Cc1ccc(C=Cc2c(Cl)cccc2Cl)cc1)C(=O)O)c1cccnc1Cl. The van der Waals surface area contributed by atoms with E-state index >= 15 is 0 Å². The molecule has 1 atom stereocenters. The molecule has 0 saturated carbocycles. The van der Waals surface area contributed by atoms with Gasteiger partial charge < -0.3 is 10.4 Å². The van der Waals surface area contributed by atoms with Crippen LogP contribution >= 0.6 is 34.8 Å². The molecular formula is C23H17Cl3N2O3. The number of benzene rings is 2. The molecule has 1 amide bonds. The van der Waals surface area contributed by atoms with Crippen LogP contribution < -0.4 is 5.32 Å². The van der Waals surface area contributed by atoms with Gasteiger partial charge in [-0.1, -0.05) is 77.3 Å². The van der Waals surface area contributed by atoms with Crippen molar-refractivity contribution in [3.63, 3.8) is 0 Å².